The summed E-state index contributed by atoms with van der Waals surface area (Å²) in [7, 11) is 0. The van der Waals surface area contributed by atoms with Gasteiger partial charge in [0.15, 0.2) is 0 Å². The topological polar surface area (TPSA) is 17.1 Å². The van der Waals surface area contributed by atoms with Crippen molar-refractivity contribution in [3.8, 4) is 0 Å². The molecule has 13 heavy (non-hydrogen) atoms. The first kappa shape index (κ1) is 12.7. The molecule has 0 aliphatic carbocycles. The lowest BCUT2D eigenvalue weighted by Gasteiger charge is -2.23. The fraction of sp³-hybridized carbons (Fsp3) is 0.917. The zero-order valence-corrected chi connectivity index (χ0v) is 9.92. The normalized spacial score (nSPS) is 14.2. The third-order valence-electron chi connectivity index (χ3n) is 2.46. The Morgan fingerprint density at radius 1 is 1.00 bits per heavy atom. The quantitative estimate of drug-likeness (QED) is 0.639. The average molecular weight is 184 g/mol. The molecule has 1 nitrogen and oxygen atoms in total. The molecule has 0 amide bonds. The molecule has 0 radical (unpaired) electrons. The Bertz CT molecular complexity index is 157. The van der Waals surface area contributed by atoms with Crippen molar-refractivity contribution in [1.29, 1.82) is 0 Å². The molecule has 0 spiro atoms. The first-order valence-corrected chi connectivity index (χ1v) is 5.40. The van der Waals surface area contributed by atoms with Gasteiger partial charge in [-0.1, -0.05) is 41.5 Å². The number of Topliss-reactive ketones (excluding diaryl/α,β-unsaturated/α-hetero) is 1. The first-order chi connectivity index (χ1) is 5.86. The molecule has 0 saturated heterocycles. The summed E-state index contributed by atoms with van der Waals surface area (Å²) in [5, 5.41) is 0. The van der Waals surface area contributed by atoms with E-state index in [1.807, 2.05) is 13.8 Å². The van der Waals surface area contributed by atoms with Gasteiger partial charge in [0.1, 0.15) is 5.78 Å². The van der Waals surface area contributed by atoms with Gasteiger partial charge in [-0.2, -0.15) is 0 Å². The third-order valence-corrected chi connectivity index (χ3v) is 2.46. The molecular formula is C12H24O. The minimum atomic E-state index is 0.186. The summed E-state index contributed by atoms with van der Waals surface area (Å²) in [6.07, 6.45) is 1.04. The molecule has 0 fully saturated rings. The van der Waals surface area contributed by atoms with Crippen molar-refractivity contribution in [3.05, 3.63) is 0 Å². The SMILES string of the molecule is CC(C)CC(C(=O)C(C)C)C(C)C. The van der Waals surface area contributed by atoms with Crippen molar-refractivity contribution in [2.45, 2.75) is 48.0 Å². The van der Waals surface area contributed by atoms with Crippen LogP contribution in [-0.4, -0.2) is 5.78 Å². The summed E-state index contributed by atoms with van der Waals surface area (Å²) in [5.41, 5.74) is 0. The van der Waals surface area contributed by atoms with E-state index < -0.39 is 0 Å². The predicted molar refractivity (Wildman–Crippen MR) is 57.6 cm³/mol. The van der Waals surface area contributed by atoms with Crippen molar-refractivity contribution in [1.82, 2.24) is 0 Å². The fourth-order valence-corrected chi connectivity index (χ4v) is 1.65. The highest BCUT2D eigenvalue weighted by Crippen LogP contribution is 2.23. The van der Waals surface area contributed by atoms with E-state index in [1.54, 1.807) is 0 Å². The number of carbonyl (C=O) groups excluding carboxylic acids is 1. The molecule has 78 valence electrons. The molecule has 0 aromatic rings. The van der Waals surface area contributed by atoms with Crippen LogP contribution in [-0.2, 0) is 4.79 Å². The molecule has 0 aromatic heterocycles. The standard InChI is InChI=1S/C12H24O/c1-8(2)7-11(9(3)4)12(13)10(5)6/h8-11H,7H2,1-6H3. The van der Waals surface area contributed by atoms with Crippen molar-refractivity contribution in [3.63, 3.8) is 0 Å². The number of carbonyl (C=O) groups is 1. The van der Waals surface area contributed by atoms with Crippen molar-refractivity contribution in [2.24, 2.45) is 23.7 Å². The molecule has 0 saturated carbocycles. The van der Waals surface area contributed by atoms with Gasteiger partial charge in [0.2, 0.25) is 0 Å². The lowest BCUT2D eigenvalue weighted by molar-refractivity contribution is -0.127. The maximum Gasteiger partial charge on any atom is 0.138 e. The summed E-state index contributed by atoms with van der Waals surface area (Å²) in [5.74, 6) is 1.99. The molecule has 1 heteroatoms. The minimum absolute atomic E-state index is 0.186. The number of hydrogen-bond donors (Lipinski definition) is 0. The van der Waals surface area contributed by atoms with Crippen LogP contribution in [0.4, 0.5) is 0 Å². The second kappa shape index (κ2) is 5.41. The largest absolute Gasteiger partial charge is 0.299 e. The van der Waals surface area contributed by atoms with E-state index in [2.05, 4.69) is 27.7 Å². The van der Waals surface area contributed by atoms with Crippen molar-refractivity contribution >= 4 is 5.78 Å². The van der Waals surface area contributed by atoms with Gasteiger partial charge in [-0.05, 0) is 18.3 Å². The van der Waals surface area contributed by atoms with E-state index >= 15 is 0 Å². The van der Waals surface area contributed by atoms with Crippen LogP contribution in [0, 0.1) is 23.7 Å². The molecule has 1 unspecified atom stereocenters. The molecule has 0 aliphatic heterocycles. The van der Waals surface area contributed by atoms with Crippen LogP contribution < -0.4 is 0 Å². The Labute approximate surface area is 82.9 Å². The predicted octanol–water partition coefficient (Wildman–Crippen LogP) is 3.53. The van der Waals surface area contributed by atoms with Crippen LogP contribution >= 0.6 is 0 Å². The van der Waals surface area contributed by atoms with E-state index in [-0.39, 0.29) is 11.8 Å². The average Bonchev–Trinajstić information content (AvgIpc) is 1.97. The van der Waals surface area contributed by atoms with E-state index in [4.69, 9.17) is 0 Å². The number of hydrogen-bond acceptors (Lipinski definition) is 1. The second-order valence-electron chi connectivity index (χ2n) is 5.04. The summed E-state index contributed by atoms with van der Waals surface area (Å²) >= 11 is 0. The van der Waals surface area contributed by atoms with Gasteiger partial charge in [-0.3, -0.25) is 4.79 Å². The Kier molecular flexibility index (Phi) is 5.27. The van der Waals surface area contributed by atoms with E-state index in [0.717, 1.165) is 6.42 Å². The van der Waals surface area contributed by atoms with E-state index in [0.29, 0.717) is 17.6 Å². The van der Waals surface area contributed by atoms with Crippen LogP contribution in [0.1, 0.15) is 48.0 Å². The summed E-state index contributed by atoms with van der Waals surface area (Å²) in [6.45, 7) is 12.7. The molecule has 0 N–H and O–H groups in total. The highest BCUT2D eigenvalue weighted by atomic mass is 16.1. The van der Waals surface area contributed by atoms with Crippen molar-refractivity contribution in [2.75, 3.05) is 0 Å². The maximum absolute atomic E-state index is 11.8. The fourth-order valence-electron chi connectivity index (χ4n) is 1.65. The van der Waals surface area contributed by atoms with Gasteiger partial charge in [0, 0.05) is 11.8 Å². The lowest BCUT2D eigenvalue weighted by Crippen LogP contribution is -2.25. The van der Waals surface area contributed by atoms with Crippen LogP contribution in [0.2, 0.25) is 0 Å². The van der Waals surface area contributed by atoms with Crippen LogP contribution in [0.25, 0.3) is 0 Å². The Morgan fingerprint density at radius 2 is 1.46 bits per heavy atom. The van der Waals surface area contributed by atoms with Crippen LogP contribution in [0.15, 0.2) is 0 Å². The number of rotatable bonds is 5. The van der Waals surface area contributed by atoms with Crippen LogP contribution in [0.3, 0.4) is 0 Å². The highest BCUT2D eigenvalue weighted by molar-refractivity contribution is 5.82. The summed E-state index contributed by atoms with van der Waals surface area (Å²) < 4.78 is 0. The molecule has 0 aliphatic rings. The van der Waals surface area contributed by atoms with E-state index in [1.165, 1.54) is 0 Å². The van der Waals surface area contributed by atoms with Gasteiger partial charge in [0.25, 0.3) is 0 Å². The molecule has 0 bridgehead atoms. The third kappa shape index (κ3) is 4.44. The van der Waals surface area contributed by atoms with Gasteiger partial charge in [0.05, 0.1) is 0 Å². The Balaban J connectivity index is 4.33. The minimum Gasteiger partial charge on any atom is -0.299 e. The Morgan fingerprint density at radius 3 is 1.69 bits per heavy atom. The van der Waals surface area contributed by atoms with Gasteiger partial charge >= 0.3 is 0 Å². The van der Waals surface area contributed by atoms with Crippen molar-refractivity contribution < 1.29 is 4.79 Å². The summed E-state index contributed by atoms with van der Waals surface area (Å²) in [6, 6.07) is 0. The molecule has 0 rings (SSSR count). The zero-order valence-electron chi connectivity index (χ0n) is 9.92. The van der Waals surface area contributed by atoms with Gasteiger partial charge in [-0.15, -0.1) is 0 Å². The maximum atomic E-state index is 11.8. The number of ketones is 1. The summed E-state index contributed by atoms with van der Waals surface area (Å²) in [4.78, 5) is 11.8. The van der Waals surface area contributed by atoms with Gasteiger partial charge < -0.3 is 0 Å². The van der Waals surface area contributed by atoms with Gasteiger partial charge in [-0.25, -0.2) is 0 Å². The monoisotopic (exact) mass is 184 g/mol. The Hall–Kier alpha value is -0.330. The van der Waals surface area contributed by atoms with E-state index in [9.17, 15) is 4.79 Å². The highest BCUT2D eigenvalue weighted by Gasteiger charge is 2.24. The molecule has 1 atom stereocenters. The molecule has 0 aromatic carbocycles. The first-order valence-electron chi connectivity index (χ1n) is 5.40. The molecular weight excluding hydrogens is 160 g/mol. The molecule has 0 heterocycles. The lowest BCUT2D eigenvalue weighted by atomic mass is 9.81. The second-order valence-corrected chi connectivity index (χ2v) is 5.04. The smallest absolute Gasteiger partial charge is 0.138 e. The zero-order chi connectivity index (χ0) is 10.6. The van der Waals surface area contributed by atoms with Crippen LogP contribution in [0.5, 0.6) is 0 Å².